The topological polar surface area (TPSA) is 61.8 Å². The van der Waals surface area contributed by atoms with Gasteiger partial charge in [-0.15, -0.1) is 35.3 Å². The fourth-order valence-corrected chi connectivity index (χ4v) is 5.03. The third kappa shape index (κ3) is 6.31. The van der Waals surface area contributed by atoms with Gasteiger partial charge in [0, 0.05) is 24.5 Å². The number of hydrogen-bond acceptors (Lipinski definition) is 5. The van der Waals surface area contributed by atoms with E-state index in [9.17, 15) is 0 Å². The van der Waals surface area contributed by atoms with Crippen LogP contribution in [0.15, 0.2) is 29.3 Å². The minimum Gasteiger partial charge on any atom is -0.497 e. The summed E-state index contributed by atoms with van der Waals surface area (Å²) in [5, 5.41) is 8.10. The van der Waals surface area contributed by atoms with Crippen molar-refractivity contribution in [3.05, 3.63) is 45.4 Å². The second kappa shape index (κ2) is 11.9. The van der Waals surface area contributed by atoms with E-state index >= 15 is 0 Å². The normalized spacial score (nSPS) is 19.8. The van der Waals surface area contributed by atoms with Crippen LogP contribution in [0, 0.1) is 19.8 Å². The SMILES string of the molecule is CN=C(NCc1sc(C)nc1C)NCC1CCCN(C)C1c1ccc(OC)cc1.I. The number of methoxy groups -OCH3 is 1. The van der Waals surface area contributed by atoms with Gasteiger partial charge in [0.1, 0.15) is 5.75 Å². The van der Waals surface area contributed by atoms with Crippen LogP contribution < -0.4 is 15.4 Å². The minimum atomic E-state index is 0. The van der Waals surface area contributed by atoms with Gasteiger partial charge in [-0.05, 0) is 63.9 Å². The zero-order chi connectivity index (χ0) is 20.8. The fraction of sp³-hybridized carbons (Fsp3) is 0.545. The average Bonchev–Trinajstić information content (AvgIpc) is 3.05. The highest BCUT2D eigenvalue weighted by Gasteiger charge is 2.30. The first kappa shape index (κ1) is 24.9. The lowest BCUT2D eigenvalue weighted by atomic mass is 9.85. The number of hydrogen-bond donors (Lipinski definition) is 2. The molecule has 1 aromatic heterocycles. The molecule has 1 aromatic carbocycles. The van der Waals surface area contributed by atoms with Crippen LogP contribution in [0.4, 0.5) is 0 Å². The molecule has 1 fully saturated rings. The standard InChI is InChI=1S/C22H33N5OS.HI/c1-15-20(29-16(2)26-15)14-25-22(23-3)24-13-18-7-6-12-27(4)21(18)17-8-10-19(28-5)11-9-17;/h8-11,18,21H,6-7,12-14H2,1-5H3,(H2,23,24,25);1H. The van der Waals surface area contributed by atoms with Gasteiger partial charge in [0.05, 0.1) is 24.4 Å². The molecule has 6 nitrogen and oxygen atoms in total. The van der Waals surface area contributed by atoms with E-state index in [1.54, 1.807) is 18.4 Å². The maximum Gasteiger partial charge on any atom is 0.191 e. The predicted octanol–water partition coefficient (Wildman–Crippen LogP) is 4.13. The van der Waals surface area contributed by atoms with Crippen LogP contribution in [-0.2, 0) is 6.54 Å². The molecule has 3 rings (SSSR count). The van der Waals surface area contributed by atoms with Gasteiger partial charge in [0.2, 0.25) is 0 Å². The molecule has 0 saturated carbocycles. The van der Waals surface area contributed by atoms with Gasteiger partial charge in [0.15, 0.2) is 5.96 Å². The van der Waals surface area contributed by atoms with Crippen LogP contribution >= 0.6 is 35.3 Å². The number of rotatable bonds is 6. The highest BCUT2D eigenvalue weighted by Crippen LogP contribution is 2.35. The van der Waals surface area contributed by atoms with E-state index in [0.717, 1.165) is 42.0 Å². The van der Waals surface area contributed by atoms with Crippen molar-refractivity contribution in [2.45, 2.75) is 39.3 Å². The summed E-state index contributed by atoms with van der Waals surface area (Å²) < 4.78 is 5.32. The number of piperidine rings is 1. The second-order valence-electron chi connectivity index (χ2n) is 7.65. The van der Waals surface area contributed by atoms with Crippen LogP contribution in [0.3, 0.4) is 0 Å². The molecule has 1 saturated heterocycles. The molecule has 2 atom stereocenters. The summed E-state index contributed by atoms with van der Waals surface area (Å²) in [6.07, 6.45) is 2.43. The highest BCUT2D eigenvalue weighted by atomic mass is 127. The summed E-state index contributed by atoms with van der Waals surface area (Å²) in [7, 11) is 5.76. The largest absolute Gasteiger partial charge is 0.497 e. The van der Waals surface area contributed by atoms with Gasteiger partial charge in [0.25, 0.3) is 0 Å². The lowest BCUT2D eigenvalue weighted by Crippen LogP contribution is -2.44. The molecule has 2 aromatic rings. The molecule has 1 aliphatic rings. The van der Waals surface area contributed by atoms with E-state index in [-0.39, 0.29) is 24.0 Å². The summed E-state index contributed by atoms with van der Waals surface area (Å²) in [4.78, 5) is 12.6. The quantitative estimate of drug-likeness (QED) is 0.326. The van der Waals surface area contributed by atoms with Gasteiger partial charge in [-0.25, -0.2) is 4.98 Å². The smallest absolute Gasteiger partial charge is 0.191 e. The Labute approximate surface area is 201 Å². The van der Waals surface area contributed by atoms with E-state index in [0.29, 0.717) is 12.0 Å². The monoisotopic (exact) mass is 543 g/mol. The van der Waals surface area contributed by atoms with Crippen molar-refractivity contribution in [2.75, 3.05) is 34.3 Å². The Bertz CT molecular complexity index is 823. The summed E-state index contributed by atoms with van der Waals surface area (Å²) in [5.74, 6) is 2.27. The summed E-state index contributed by atoms with van der Waals surface area (Å²) in [5.41, 5.74) is 2.45. The van der Waals surface area contributed by atoms with Gasteiger partial charge < -0.3 is 15.4 Å². The number of aryl methyl sites for hydroxylation is 2. The number of nitrogens with zero attached hydrogens (tertiary/aromatic N) is 3. The Morgan fingerprint density at radius 2 is 2.00 bits per heavy atom. The minimum absolute atomic E-state index is 0. The summed E-state index contributed by atoms with van der Waals surface area (Å²) >= 11 is 1.74. The molecule has 2 N–H and O–H groups in total. The lowest BCUT2D eigenvalue weighted by Gasteiger charge is -2.40. The Morgan fingerprint density at radius 3 is 2.60 bits per heavy atom. The van der Waals surface area contributed by atoms with Crippen molar-refractivity contribution in [3.63, 3.8) is 0 Å². The van der Waals surface area contributed by atoms with Gasteiger partial charge in [-0.2, -0.15) is 0 Å². The lowest BCUT2D eigenvalue weighted by molar-refractivity contribution is 0.122. The molecule has 30 heavy (non-hydrogen) atoms. The summed E-state index contributed by atoms with van der Waals surface area (Å²) in [6, 6.07) is 8.90. The molecule has 1 aliphatic heterocycles. The van der Waals surface area contributed by atoms with Gasteiger partial charge in [-0.1, -0.05) is 12.1 Å². The van der Waals surface area contributed by atoms with Gasteiger partial charge >= 0.3 is 0 Å². The first-order chi connectivity index (χ1) is 14.0. The van der Waals surface area contributed by atoms with Crippen LogP contribution in [0.25, 0.3) is 0 Å². The third-order valence-electron chi connectivity index (χ3n) is 5.64. The van der Waals surface area contributed by atoms with Gasteiger partial charge in [-0.3, -0.25) is 9.89 Å². The van der Waals surface area contributed by atoms with E-state index in [1.807, 2.05) is 14.0 Å². The molecule has 166 valence electrons. The number of halogens is 1. The molecular formula is C22H34IN5OS. The number of benzene rings is 1. The first-order valence-corrected chi connectivity index (χ1v) is 11.0. The van der Waals surface area contributed by atoms with E-state index in [1.165, 1.54) is 23.3 Å². The number of aromatic nitrogens is 1. The number of nitrogens with one attached hydrogen (secondary N) is 2. The van der Waals surface area contributed by atoms with Crippen LogP contribution in [-0.4, -0.2) is 50.1 Å². The van der Waals surface area contributed by atoms with E-state index < -0.39 is 0 Å². The number of guanidine groups is 1. The van der Waals surface area contributed by atoms with Crippen molar-refractivity contribution in [1.82, 2.24) is 20.5 Å². The average molecular weight is 544 g/mol. The molecule has 0 radical (unpaired) electrons. The molecular weight excluding hydrogens is 509 g/mol. The van der Waals surface area contributed by atoms with Crippen molar-refractivity contribution < 1.29 is 4.74 Å². The number of aliphatic imine (C=N–C) groups is 1. The molecule has 0 bridgehead atoms. The molecule has 0 spiro atoms. The fourth-order valence-electron chi connectivity index (χ4n) is 4.15. The Hall–Kier alpha value is -1.39. The summed E-state index contributed by atoms with van der Waals surface area (Å²) in [6.45, 7) is 6.89. The predicted molar refractivity (Wildman–Crippen MR) is 136 cm³/mol. The van der Waals surface area contributed by atoms with Crippen LogP contribution in [0.1, 0.15) is 40.0 Å². The highest BCUT2D eigenvalue weighted by molar-refractivity contribution is 14.0. The number of thiazole rings is 1. The number of likely N-dealkylation sites (tertiary alicyclic amines) is 1. The number of ether oxygens (including phenoxy) is 1. The third-order valence-corrected chi connectivity index (χ3v) is 6.71. The Balaban J connectivity index is 0.00000320. The van der Waals surface area contributed by atoms with Crippen molar-refractivity contribution in [2.24, 2.45) is 10.9 Å². The Morgan fingerprint density at radius 1 is 1.27 bits per heavy atom. The maximum absolute atomic E-state index is 5.32. The maximum atomic E-state index is 5.32. The molecule has 8 heteroatoms. The molecule has 0 amide bonds. The van der Waals surface area contributed by atoms with E-state index in [4.69, 9.17) is 4.74 Å². The van der Waals surface area contributed by atoms with Crippen LogP contribution in [0.5, 0.6) is 5.75 Å². The Kier molecular flexibility index (Phi) is 9.83. The van der Waals surface area contributed by atoms with E-state index in [2.05, 4.69) is 63.7 Å². The second-order valence-corrected chi connectivity index (χ2v) is 8.94. The van der Waals surface area contributed by atoms with Crippen molar-refractivity contribution >= 4 is 41.3 Å². The molecule has 2 unspecified atom stereocenters. The zero-order valence-corrected chi connectivity index (χ0v) is 21.7. The van der Waals surface area contributed by atoms with Crippen LogP contribution in [0.2, 0.25) is 0 Å². The zero-order valence-electron chi connectivity index (χ0n) is 18.6. The molecule has 0 aliphatic carbocycles. The van der Waals surface area contributed by atoms with Crippen molar-refractivity contribution in [1.29, 1.82) is 0 Å². The van der Waals surface area contributed by atoms with Crippen molar-refractivity contribution in [3.8, 4) is 5.75 Å². The molecule has 2 heterocycles. The first-order valence-electron chi connectivity index (χ1n) is 10.2.